The number of allylic oxidation sites excluding steroid dienone is 2. The van der Waals surface area contributed by atoms with E-state index >= 15 is 0 Å². The summed E-state index contributed by atoms with van der Waals surface area (Å²) in [6, 6.07) is 8.17. The van der Waals surface area contributed by atoms with Crippen LogP contribution < -0.4 is 0 Å². The van der Waals surface area contributed by atoms with Gasteiger partial charge in [-0.15, -0.1) is 0 Å². The van der Waals surface area contributed by atoms with Crippen molar-refractivity contribution >= 4 is 6.08 Å². The molecule has 112 valence electrons. The zero-order chi connectivity index (χ0) is 14.5. The first-order chi connectivity index (χ1) is 10.3. The van der Waals surface area contributed by atoms with Crippen LogP contribution in [0.25, 0.3) is 6.08 Å². The number of benzene rings is 1. The second kappa shape index (κ2) is 7.09. The first kappa shape index (κ1) is 14.6. The summed E-state index contributed by atoms with van der Waals surface area (Å²) < 4.78 is 0. The summed E-state index contributed by atoms with van der Waals surface area (Å²) in [5.41, 5.74) is 2.24. The Morgan fingerprint density at radius 1 is 1.05 bits per heavy atom. The molecule has 1 saturated carbocycles. The SMILES string of the molecule is O[C@@H]1c2ccccc2C=C[C@@H]1C/C=C/C1CCCCCC1. The van der Waals surface area contributed by atoms with E-state index in [2.05, 4.69) is 30.4 Å². The fourth-order valence-electron chi connectivity index (χ4n) is 3.63. The number of aliphatic hydroxyl groups is 1. The van der Waals surface area contributed by atoms with Crippen molar-refractivity contribution in [2.45, 2.75) is 51.0 Å². The zero-order valence-electron chi connectivity index (χ0n) is 12.7. The molecule has 0 radical (unpaired) electrons. The van der Waals surface area contributed by atoms with Crippen LogP contribution in [0.1, 0.15) is 62.2 Å². The molecule has 1 aromatic carbocycles. The van der Waals surface area contributed by atoms with Crippen LogP contribution in [0.5, 0.6) is 0 Å². The Labute approximate surface area is 128 Å². The van der Waals surface area contributed by atoms with E-state index in [1.54, 1.807) is 0 Å². The Balaban J connectivity index is 1.59. The van der Waals surface area contributed by atoms with E-state index in [0.717, 1.165) is 23.5 Å². The molecule has 1 aromatic rings. The fraction of sp³-hybridized carbons (Fsp3) is 0.500. The predicted octanol–water partition coefficient (Wildman–Crippen LogP) is 5.28. The maximum Gasteiger partial charge on any atom is 0.0861 e. The highest BCUT2D eigenvalue weighted by molar-refractivity contribution is 5.57. The Bertz CT molecular complexity index is 506. The topological polar surface area (TPSA) is 20.2 Å². The second-order valence-corrected chi connectivity index (χ2v) is 6.51. The first-order valence-electron chi connectivity index (χ1n) is 8.46. The Kier molecular flexibility index (Phi) is 4.92. The smallest absolute Gasteiger partial charge is 0.0861 e. The summed E-state index contributed by atoms with van der Waals surface area (Å²) in [4.78, 5) is 0. The van der Waals surface area contributed by atoms with Crippen LogP contribution in [-0.4, -0.2) is 5.11 Å². The van der Waals surface area contributed by atoms with Gasteiger partial charge in [0.05, 0.1) is 6.10 Å². The van der Waals surface area contributed by atoms with Gasteiger partial charge in [0.1, 0.15) is 0 Å². The Morgan fingerprint density at radius 3 is 2.62 bits per heavy atom. The molecule has 2 aliphatic carbocycles. The standard InChI is InChI=1S/C20H26O/c21-20-18(15-14-17-11-5-6-13-19(17)20)12-7-10-16-8-3-1-2-4-9-16/h5-7,10-11,13-16,18,20-21H,1-4,8-9,12H2/b10-7+/t18-,20-/m0/s1. The van der Waals surface area contributed by atoms with E-state index in [1.165, 1.54) is 38.5 Å². The fourth-order valence-corrected chi connectivity index (χ4v) is 3.63. The van der Waals surface area contributed by atoms with Gasteiger partial charge in [0.25, 0.3) is 0 Å². The van der Waals surface area contributed by atoms with Gasteiger partial charge in [-0.25, -0.2) is 0 Å². The quantitative estimate of drug-likeness (QED) is 0.590. The molecule has 0 unspecified atom stereocenters. The number of rotatable bonds is 3. The van der Waals surface area contributed by atoms with E-state index in [0.29, 0.717) is 0 Å². The number of hydrogen-bond acceptors (Lipinski definition) is 1. The molecule has 0 aliphatic heterocycles. The molecule has 2 atom stereocenters. The highest BCUT2D eigenvalue weighted by Crippen LogP contribution is 2.34. The van der Waals surface area contributed by atoms with Crippen molar-refractivity contribution in [3.05, 3.63) is 53.6 Å². The van der Waals surface area contributed by atoms with Gasteiger partial charge in [0.2, 0.25) is 0 Å². The minimum absolute atomic E-state index is 0.224. The molecule has 1 nitrogen and oxygen atoms in total. The molecule has 0 spiro atoms. The third-order valence-corrected chi connectivity index (χ3v) is 4.96. The molecule has 1 fully saturated rings. The minimum Gasteiger partial charge on any atom is -0.388 e. The lowest BCUT2D eigenvalue weighted by Gasteiger charge is -2.25. The average Bonchev–Trinajstić information content (AvgIpc) is 2.79. The van der Waals surface area contributed by atoms with Crippen molar-refractivity contribution in [3.63, 3.8) is 0 Å². The number of hydrogen-bond donors (Lipinski definition) is 1. The maximum atomic E-state index is 10.5. The molecule has 3 rings (SSSR count). The molecule has 0 heterocycles. The van der Waals surface area contributed by atoms with E-state index in [1.807, 2.05) is 18.2 Å². The van der Waals surface area contributed by atoms with Gasteiger partial charge in [-0.1, -0.05) is 74.3 Å². The van der Waals surface area contributed by atoms with Crippen LogP contribution in [0.4, 0.5) is 0 Å². The van der Waals surface area contributed by atoms with Crippen molar-refractivity contribution in [2.75, 3.05) is 0 Å². The third-order valence-electron chi connectivity index (χ3n) is 4.96. The van der Waals surface area contributed by atoms with Crippen molar-refractivity contribution < 1.29 is 5.11 Å². The summed E-state index contributed by atoms with van der Waals surface area (Å²) in [5, 5.41) is 10.5. The first-order valence-corrected chi connectivity index (χ1v) is 8.46. The summed E-state index contributed by atoms with van der Waals surface area (Å²) in [6.45, 7) is 0. The highest BCUT2D eigenvalue weighted by Gasteiger charge is 2.22. The van der Waals surface area contributed by atoms with Crippen molar-refractivity contribution in [2.24, 2.45) is 11.8 Å². The van der Waals surface area contributed by atoms with Gasteiger partial charge in [0, 0.05) is 5.92 Å². The van der Waals surface area contributed by atoms with Crippen molar-refractivity contribution in [1.82, 2.24) is 0 Å². The van der Waals surface area contributed by atoms with Crippen LogP contribution in [-0.2, 0) is 0 Å². The van der Waals surface area contributed by atoms with Crippen LogP contribution >= 0.6 is 0 Å². The van der Waals surface area contributed by atoms with Crippen LogP contribution in [0, 0.1) is 11.8 Å². The molecule has 21 heavy (non-hydrogen) atoms. The van der Waals surface area contributed by atoms with Gasteiger partial charge >= 0.3 is 0 Å². The van der Waals surface area contributed by atoms with Gasteiger partial charge in [-0.3, -0.25) is 0 Å². The van der Waals surface area contributed by atoms with Crippen LogP contribution in [0.15, 0.2) is 42.5 Å². The number of fused-ring (bicyclic) bond motifs is 1. The molecule has 1 heteroatoms. The van der Waals surface area contributed by atoms with Gasteiger partial charge in [0.15, 0.2) is 0 Å². The predicted molar refractivity (Wildman–Crippen MR) is 88.9 cm³/mol. The van der Waals surface area contributed by atoms with Crippen LogP contribution in [0.3, 0.4) is 0 Å². The normalized spacial score (nSPS) is 26.7. The summed E-state index contributed by atoms with van der Waals surface area (Å²) in [7, 11) is 0. The van der Waals surface area contributed by atoms with Crippen molar-refractivity contribution in [3.8, 4) is 0 Å². The van der Waals surface area contributed by atoms with Gasteiger partial charge in [-0.2, -0.15) is 0 Å². The monoisotopic (exact) mass is 282 g/mol. The minimum atomic E-state index is -0.356. The third kappa shape index (κ3) is 3.65. The second-order valence-electron chi connectivity index (χ2n) is 6.51. The molecule has 2 aliphatic rings. The summed E-state index contributed by atoms with van der Waals surface area (Å²) >= 11 is 0. The lowest BCUT2D eigenvalue weighted by atomic mass is 9.84. The zero-order valence-corrected chi connectivity index (χ0v) is 12.7. The Morgan fingerprint density at radius 2 is 1.81 bits per heavy atom. The molecule has 0 bridgehead atoms. The van der Waals surface area contributed by atoms with E-state index < -0.39 is 0 Å². The number of aliphatic hydroxyl groups excluding tert-OH is 1. The highest BCUT2D eigenvalue weighted by atomic mass is 16.3. The van der Waals surface area contributed by atoms with E-state index in [-0.39, 0.29) is 12.0 Å². The van der Waals surface area contributed by atoms with E-state index in [4.69, 9.17) is 0 Å². The molecule has 0 saturated heterocycles. The van der Waals surface area contributed by atoms with Crippen LogP contribution in [0.2, 0.25) is 0 Å². The van der Waals surface area contributed by atoms with Gasteiger partial charge < -0.3 is 5.11 Å². The summed E-state index contributed by atoms with van der Waals surface area (Å²) in [5.74, 6) is 0.992. The van der Waals surface area contributed by atoms with Crippen molar-refractivity contribution in [1.29, 1.82) is 0 Å². The average molecular weight is 282 g/mol. The maximum absolute atomic E-state index is 10.5. The largest absolute Gasteiger partial charge is 0.388 e. The lowest BCUT2D eigenvalue weighted by molar-refractivity contribution is 0.131. The lowest BCUT2D eigenvalue weighted by Crippen LogP contribution is -2.14. The molecule has 0 amide bonds. The summed E-state index contributed by atoms with van der Waals surface area (Å²) in [6.07, 6.45) is 17.9. The molecule has 0 aromatic heterocycles. The molecular formula is C20H26O. The molecule has 1 N–H and O–H groups in total. The Hall–Kier alpha value is -1.34. The van der Waals surface area contributed by atoms with Gasteiger partial charge in [-0.05, 0) is 36.3 Å². The van der Waals surface area contributed by atoms with E-state index in [9.17, 15) is 5.11 Å². The molecular weight excluding hydrogens is 256 g/mol.